The predicted molar refractivity (Wildman–Crippen MR) is 102 cm³/mol. The van der Waals surface area contributed by atoms with Crippen LogP contribution < -0.4 is 10.1 Å². The Bertz CT molecular complexity index is 1080. The molecule has 3 rings (SSSR count). The van der Waals surface area contributed by atoms with Crippen LogP contribution in [0.2, 0.25) is 0 Å². The summed E-state index contributed by atoms with van der Waals surface area (Å²) in [5.41, 5.74) is -0.551. The zero-order valence-corrected chi connectivity index (χ0v) is 16.1. The van der Waals surface area contributed by atoms with E-state index in [-0.39, 0.29) is 5.69 Å². The Balaban J connectivity index is 1.67. The van der Waals surface area contributed by atoms with Crippen molar-refractivity contribution in [1.29, 1.82) is 0 Å². The zero-order valence-electron chi connectivity index (χ0n) is 16.1. The maximum atomic E-state index is 13.0. The summed E-state index contributed by atoms with van der Waals surface area (Å²) in [6.07, 6.45) is -0.0928. The van der Waals surface area contributed by atoms with Crippen molar-refractivity contribution in [3.05, 3.63) is 63.7 Å². The van der Waals surface area contributed by atoms with E-state index in [2.05, 4.69) is 15.5 Å². The second-order valence-electron chi connectivity index (χ2n) is 6.36. The molecule has 1 amide bonds. The third kappa shape index (κ3) is 4.59. The molecule has 3 aromatic rings. The average Bonchev–Trinajstić information content (AvgIpc) is 3.26. The number of carbonyl (C=O) groups excluding carboxylic acids is 1. The lowest BCUT2D eigenvalue weighted by molar-refractivity contribution is -0.386. The van der Waals surface area contributed by atoms with Gasteiger partial charge in [0.2, 0.25) is 11.6 Å². The first kappa shape index (κ1) is 20.9. The summed E-state index contributed by atoms with van der Waals surface area (Å²) < 4.78 is 33.6. The van der Waals surface area contributed by atoms with Crippen LogP contribution in [0.3, 0.4) is 0 Å². The Hall–Kier alpha value is -3.83. The highest BCUT2D eigenvalue weighted by Gasteiger charge is 2.31. The summed E-state index contributed by atoms with van der Waals surface area (Å²) in [5, 5.41) is 21.3. The number of carbonyl (C=O) groups is 1. The van der Waals surface area contributed by atoms with Gasteiger partial charge in [0.25, 0.3) is 6.43 Å². The first-order valence-corrected chi connectivity index (χ1v) is 8.73. The number of amides is 1. The van der Waals surface area contributed by atoms with Crippen LogP contribution in [0, 0.1) is 17.0 Å². The van der Waals surface area contributed by atoms with E-state index in [4.69, 9.17) is 4.74 Å². The van der Waals surface area contributed by atoms with Gasteiger partial charge in [0.05, 0.1) is 30.5 Å². The van der Waals surface area contributed by atoms with E-state index in [1.807, 2.05) is 24.3 Å². The lowest BCUT2D eigenvalue weighted by atomic mass is 10.2. The van der Waals surface area contributed by atoms with Crippen LogP contribution in [-0.2, 0) is 17.9 Å². The molecule has 10 nitrogen and oxygen atoms in total. The van der Waals surface area contributed by atoms with Crippen molar-refractivity contribution in [2.45, 2.75) is 26.4 Å². The lowest BCUT2D eigenvalue weighted by Gasteiger charge is -2.05. The number of benzene rings is 1. The van der Waals surface area contributed by atoms with Crippen LogP contribution in [0.4, 0.5) is 20.2 Å². The van der Waals surface area contributed by atoms with E-state index >= 15 is 0 Å². The molecule has 0 saturated carbocycles. The van der Waals surface area contributed by atoms with Crippen molar-refractivity contribution in [2.24, 2.45) is 0 Å². The number of rotatable bonds is 8. The summed E-state index contributed by atoms with van der Waals surface area (Å²) in [6, 6.07) is 7.42. The summed E-state index contributed by atoms with van der Waals surface area (Å²) in [4.78, 5) is 22.4. The van der Waals surface area contributed by atoms with Gasteiger partial charge in [-0.2, -0.15) is 10.2 Å². The topological polar surface area (TPSA) is 117 Å². The number of methoxy groups -OCH3 is 1. The minimum Gasteiger partial charge on any atom is -0.497 e. The van der Waals surface area contributed by atoms with E-state index in [0.717, 1.165) is 10.2 Å². The van der Waals surface area contributed by atoms with E-state index in [9.17, 15) is 23.7 Å². The number of anilines is 1. The van der Waals surface area contributed by atoms with Crippen LogP contribution in [0.15, 0.2) is 36.7 Å². The second-order valence-corrected chi connectivity index (χ2v) is 6.36. The quantitative estimate of drug-likeness (QED) is 0.442. The fraction of sp³-hybridized carbons (Fsp3) is 0.278. The number of ether oxygens (including phenoxy) is 1. The lowest BCUT2D eigenvalue weighted by Crippen LogP contribution is -2.20. The minimum atomic E-state index is -3.12. The maximum Gasteiger partial charge on any atom is 0.319 e. The van der Waals surface area contributed by atoms with Crippen LogP contribution in [0.1, 0.15) is 23.4 Å². The van der Waals surface area contributed by atoms with Crippen molar-refractivity contribution >= 4 is 17.3 Å². The number of nitro groups is 1. The van der Waals surface area contributed by atoms with Gasteiger partial charge in [0.15, 0.2) is 0 Å². The van der Waals surface area contributed by atoms with Crippen molar-refractivity contribution in [1.82, 2.24) is 19.6 Å². The molecule has 0 fully saturated rings. The van der Waals surface area contributed by atoms with E-state index in [1.54, 1.807) is 18.0 Å². The van der Waals surface area contributed by atoms with Crippen LogP contribution >= 0.6 is 0 Å². The Labute approximate surface area is 169 Å². The van der Waals surface area contributed by atoms with Gasteiger partial charge in [0.1, 0.15) is 18.0 Å². The van der Waals surface area contributed by atoms with Crippen LogP contribution in [0.5, 0.6) is 5.75 Å². The molecule has 2 aromatic heterocycles. The molecule has 0 aliphatic carbocycles. The van der Waals surface area contributed by atoms with Gasteiger partial charge in [-0.1, -0.05) is 12.1 Å². The van der Waals surface area contributed by atoms with Crippen molar-refractivity contribution in [3.8, 4) is 5.75 Å². The van der Waals surface area contributed by atoms with Gasteiger partial charge in [-0.15, -0.1) is 0 Å². The first-order valence-electron chi connectivity index (χ1n) is 8.73. The molecule has 0 bridgehead atoms. The number of hydrogen-bond donors (Lipinski definition) is 1. The molecule has 0 atom stereocenters. The summed E-state index contributed by atoms with van der Waals surface area (Å²) in [5.74, 6) is 0.122. The standard InChI is InChI=1S/C18H18F2N6O4/c1-11-17(26(28)29)16(18(19)20)23-25(11)10-15(27)22-13-7-21-24(9-13)8-12-4-3-5-14(6-12)30-2/h3-7,9,18H,8,10H2,1-2H3,(H,22,27). The summed E-state index contributed by atoms with van der Waals surface area (Å²) >= 11 is 0. The fourth-order valence-corrected chi connectivity index (χ4v) is 2.90. The molecular weight excluding hydrogens is 402 g/mol. The molecule has 12 heteroatoms. The van der Waals surface area contributed by atoms with Crippen LogP contribution in [0.25, 0.3) is 0 Å². The Morgan fingerprint density at radius 2 is 2.17 bits per heavy atom. The molecule has 30 heavy (non-hydrogen) atoms. The van der Waals surface area contributed by atoms with Gasteiger partial charge < -0.3 is 10.1 Å². The van der Waals surface area contributed by atoms with E-state index in [0.29, 0.717) is 18.0 Å². The first-order chi connectivity index (χ1) is 14.3. The van der Waals surface area contributed by atoms with Gasteiger partial charge in [-0.3, -0.25) is 24.3 Å². The Morgan fingerprint density at radius 3 is 2.80 bits per heavy atom. The SMILES string of the molecule is COc1cccc(Cn2cc(NC(=O)Cn3nc(C(F)F)c([N+](=O)[O-])c3C)cn2)c1. The largest absolute Gasteiger partial charge is 0.497 e. The van der Waals surface area contributed by atoms with E-state index < -0.39 is 35.2 Å². The third-order valence-corrected chi connectivity index (χ3v) is 4.28. The van der Waals surface area contributed by atoms with Gasteiger partial charge in [0, 0.05) is 6.20 Å². The fourth-order valence-electron chi connectivity index (χ4n) is 2.90. The zero-order chi connectivity index (χ0) is 21.8. The number of nitrogens with zero attached hydrogens (tertiary/aromatic N) is 5. The van der Waals surface area contributed by atoms with E-state index in [1.165, 1.54) is 13.1 Å². The predicted octanol–water partition coefficient (Wildman–Crippen LogP) is 2.93. The molecule has 0 aliphatic rings. The second kappa shape index (κ2) is 8.68. The maximum absolute atomic E-state index is 13.0. The summed E-state index contributed by atoms with van der Waals surface area (Å²) in [6.45, 7) is 1.24. The average molecular weight is 420 g/mol. The number of nitrogens with one attached hydrogen (secondary N) is 1. The minimum absolute atomic E-state index is 0.126. The molecule has 158 valence electrons. The highest BCUT2D eigenvalue weighted by molar-refractivity contribution is 5.90. The molecule has 0 saturated heterocycles. The van der Waals surface area contributed by atoms with Crippen molar-refractivity contribution in [3.63, 3.8) is 0 Å². The Morgan fingerprint density at radius 1 is 1.40 bits per heavy atom. The number of alkyl halides is 2. The number of aromatic nitrogens is 4. The molecule has 0 radical (unpaired) electrons. The van der Waals surface area contributed by atoms with Gasteiger partial charge in [-0.05, 0) is 24.6 Å². The monoisotopic (exact) mass is 420 g/mol. The van der Waals surface area contributed by atoms with Gasteiger partial charge in [-0.25, -0.2) is 8.78 Å². The molecule has 0 unspecified atom stereocenters. The molecule has 1 aromatic carbocycles. The van der Waals surface area contributed by atoms with Crippen LogP contribution in [-0.4, -0.2) is 37.5 Å². The molecule has 2 heterocycles. The Kier molecular flexibility index (Phi) is 6.04. The van der Waals surface area contributed by atoms with Gasteiger partial charge >= 0.3 is 5.69 Å². The third-order valence-electron chi connectivity index (χ3n) is 4.28. The number of hydrogen-bond acceptors (Lipinski definition) is 6. The highest BCUT2D eigenvalue weighted by Crippen LogP contribution is 2.30. The molecule has 1 N–H and O–H groups in total. The normalized spacial score (nSPS) is 11.0. The molecule has 0 aliphatic heterocycles. The van der Waals surface area contributed by atoms with Crippen molar-refractivity contribution < 1.29 is 23.2 Å². The highest BCUT2D eigenvalue weighted by atomic mass is 19.3. The number of halogens is 2. The molecule has 0 spiro atoms. The summed E-state index contributed by atoms with van der Waals surface area (Å²) in [7, 11) is 1.57. The smallest absolute Gasteiger partial charge is 0.319 e. The molecular formula is C18H18F2N6O4. The van der Waals surface area contributed by atoms with Crippen molar-refractivity contribution in [2.75, 3.05) is 12.4 Å².